The highest BCUT2D eigenvalue weighted by atomic mass is 32.1. The van der Waals surface area contributed by atoms with E-state index >= 15 is 0 Å². The van der Waals surface area contributed by atoms with E-state index in [-0.39, 0.29) is 5.41 Å². The minimum Gasteiger partial charge on any atom is -0.337 e. The molecule has 0 atom stereocenters. The second-order valence-electron chi connectivity index (χ2n) is 6.83. The quantitative estimate of drug-likeness (QED) is 0.796. The second-order valence-corrected chi connectivity index (χ2v) is 7.22. The van der Waals surface area contributed by atoms with Crippen LogP contribution in [-0.4, -0.2) is 9.55 Å². The van der Waals surface area contributed by atoms with Crippen molar-refractivity contribution in [2.75, 3.05) is 0 Å². The predicted molar refractivity (Wildman–Crippen MR) is 74.8 cm³/mol. The summed E-state index contributed by atoms with van der Waals surface area (Å²) in [5.41, 5.74) is 1.98. The number of nitrogens with one attached hydrogen (secondary N) is 1. The molecule has 96 valence electrons. The molecule has 0 radical (unpaired) electrons. The maximum absolute atomic E-state index is 5.43. The summed E-state index contributed by atoms with van der Waals surface area (Å²) < 4.78 is 3.20. The molecule has 0 bridgehead atoms. The lowest BCUT2D eigenvalue weighted by Crippen LogP contribution is -2.24. The third-order valence-corrected chi connectivity index (χ3v) is 4.56. The predicted octanol–water partition coefficient (Wildman–Crippen LogP) is 4.28. The first-order valence-corrected chi connectivity index (χ1v) is 6.96. The highest BCUT2D eigenvalue weighted by Gasteiger charge is 2.46. The second kappa shape index (κ2) is 3.98. The van der Waals surface area contributed by atoms with Gasteiger partial charge in [0.05, 0.1) is 0 Å². The summed E-state index contributed by atoms with van der Waals surface area (Å²) in [6.07, 6.45) is 4.78. The van der Waals surface area contributed by atoms with E-state index in [2.05, 4.69) is 50.4 Å². The van der Waals surface area contributed by atoms with Crippen molar-refractivity contribution in [1.82, 2.24) is 9.55 Å². The lowest BCUT2D eigenvalue weighted by atomic mass is 9.90. The lowest BCUT2D eigenvalue weighted by Gasteiger charge is -2.26. The Labute approximate surface area is 109 Å². The molecule has 1 fully saturated rings. The zero-order chi connectivity index (χ0) is 12.8. The van der Waals surface area contributed by atoms with Gasteiger partial charge in [-0.3, -0.25) is 0 Å². The van der Waals surface area contributed by atoms with E-state index < -0.39 is 0 Å². The van der Waals surface area contributed by atoms with Gasteiger partial charge in [-0.25, -0.2) is 0 Å². The van der Waals surface area contributed by atoms with E-state index in [1.54, 1.807) is 0 Å². The summed E-state index contributed by atoms with van der Waals surface area (Å²) in [6.45, 7) is 12.5. The number of hydrogen-bond acceptors (Lipinski definition) is 1. The molecule has 1 N–H and O–H groups in total. The van der Waals surface area contributed by atoms with Crippen LogP contribution in [0.15, 0.2) is 6.20 Å². The fourth-order valence-corrected chi connectivity index (χ4v) is 2.79. The summed E-state index contributed by atoms with van der Waals surface area (Å²) >= 11 is 5.43. The fourth-order valence-electron chi connectivity index (χ4n) is 2.57. The van der Waals surface area contributed by atoms with Gasteiger partial charge in [0.2, 0.25) is 0 Å². The monoisotopic (exact) mass is 252 g/mol. The van der Waals surface area contributed by atoms with Crippen molar-refractivity contribution in [3.63, 3.8) is 0 Å². The van der Waals surface area contributed by atoms with Crippen molar-refractivity contribution in [3.05, 3.63) is 16.7 Å². The molecule has 1 aliphatic carbocycles. The van der Waals surface area contributed by atoms with E-state index in [9.17, 15) is 0 Å². The van der Waals surface area contributed by atoms with E-state index in [4.69, 9.17) is 12.2 Å². The number of H-pyrrole nitrogens is 1. The van der Waals surface area contributed by atoms with Gasteiger partial charge in [-0.1, -0.05) is 34.6 Å². The van der Waals surface area contributed by atoms with Crippen molar-refractivity contribution in [2.24, 2.45) is 11.3 Å². The number of aromatic amines is 1. The van der Waals surface area contributed by atoms with Crippen LogP contribution in [0.3, 0.4) is 0 Å². The molecule has 17 heavy (non-hydrogen) atoms. The summed E-state index contributed by atoms with van der Waals surface area (Å²) in [6, 6.07) is 0. The Morgan fingerprint density at radius 1 is 1.41 bits per heavy atom. The maximum Gasteiger partial charge on any atom is 0.177 e. The Bertz CT molecular complexity index is 455. The number of hydrogen-bond donors (Lipinski definition) is 1. The molecule has 2 rings (SSSR count). The van der Waals surface area contributed by atoms with Crippen molar-refractivity contribution in [1.29, 1.82) is 0 Å². The van der Waals surface area contributed by atoms with Crippen LogP contribution >= 0.6 is 12.2 Å². The first-order chi connectivity index (χ1) is 7.76. The molecule has 1 heterocycles. The standard InChI is InChI=1S/C14H24N2S/c1-10(2)14(6-7-14)9-16-11(13(3,4)5)8-15-12(16)17/h8,10H,6-7,9H2,1-5H3,(H,15,17). The van der Waals surface area contributed by atoms with Crippen LogP contribution in [0.5, 0.6) is 0 Å². The number of nitrogens with zero attached hydrogens (tertiary/aromatic N) is 1. The Hall–Kier alpha value is -0.570. The minimum atomic E-state index is 0.153. The Kier molecular flexibility index (Phi) is 3.01. The van der Waals surface area contributed by atoms with Crippen LogP contribution in [0.4, 0.5) is 0 Å². The topological polar surface area (TPSA) is 20.7 Å². The van der Waals surface area contributed by atoms with Gasteiger partial charge in [0.25, 0.3) is 0 Å². The number of imidazole rings is 1. The molecule has 0 spiro atoms. The summed E-state index contributed by atoms with van der Waals surface area (Å²) in [4.78, 5) is 3.21. The van der Waals surface area contributed by atoms with Crippen molar-refractivity contribution in [3.8, 4) is 0 Å². The van der Waals surface area contributed by atoms with Crippen LogP contribution < -0.4 is 0 Å². The number of rotatable bonds is 3. The van der Waals surface area contributed by atoms with E-state index in [0.717, 1.165) is 17.2 Å². The zero-order valence-corrected chi connectivity index (χ0v) is 12.4. The van der Waals surface area contributed by atoms with Crippen molar-refractivity contribution in [2.45, 2.75) is 59.4 Å². The van der Waals surface area contributed by atoms with Gasteiger partial charge in [0.1, 0.15) is 0 Å². The molecular weight excluding hydrogens is 228 g/mol. The highest BCUT2D eigenvalue weighted by Crippen LogP contribution is 2.53. The smallest absolute Gasteiger partial charge is 0.177 e. The van der Waals surface area contributed by atoms with Crippen LogP contribution in [0.2, 0.25) is 0 Å². The highest BCUT2D eigenvalue weighted by molar-refractivity contribution is 7.71. The summed E-state index contributed by atoms with van der Waals surface area (Å²) in [5, 5.41) is 0. The minimum absolute atomic E-state index is 0.153. The molecule has 2 nitrogen and oxygen atoms in total. The Morgan fingerprint density at radius 2 is 2.00 bits per heavy atom. The van der Waals surface area contributed by atoms with Gasteiger partial charge in [-0.2, -0.15) is 0 Å². The first-order valence-electron chi connectivity index (χ1n) is 6.55. The normalized spacial score (nSPS) is 18.7. The Morgan fingerprint density at radius 3 is 2.41 bits per heavy atom. The van der Waals surface area contributed by atoms with Crippen LogP contribution in [0, 0.1) is 16.1 Å². The van der Waals surface area contributed by atoms with Crippen LogP contribution in [-0.2, 0) is 12.0 Å². The molecule has 0 saturated heterocycles. The lowest BCUT2D eigenvalue weighted by molar-refractivity contribution is 0.298. The van der Waals surface area contributed by atoms with Gasteiger partial charge in [-0.15, -0.1) is 0 Å². The van der Waals surface area contributed by atoms with Gasteiger partial charge in [0, 0.05) is 23.9 Å². The fraction of sp³-hybridized carbons (Fsp3) is 0.786. The maximum atomic E-state index is 5.43. The average Bonchev–Trinajstić information content (AvgIpc) is 2.86. The molecular formula is C14H24N2S. The molecule has 0 aromatic carbocycles. The van der Waals surface area contributed by atoms with E-state index in [0.29, 0.717) is 5.41 Å². The molecule has 3 heteroatoms. The first kappa shape index (κ1) is 12.9. The summed E-state index contributed by atoms with van der Waals surface area (Å²) in [5.74, 6) is 0.743. The number of aromatic nitrogens is 2. The van der Waals surface area contributed by atoms with Crippen molar-refractivity contribution < 1.29 is 0 Å². The molecule has 1 aromatic rings. The van der Waals surface area contributed by atoms with Crippen molar-refractivity contribution >= 4 is 12.2 Å². The van der Waals surface area contributed by atoms with Gasteiger partial charge < -0.3 is 9.55 Å². The zero-order valence-electron chi connectivity index (χ0n) is 11.6. The average molecular weight is 252 g/mol. The SMILES string of the molecule is CC(C)C1(Cn2c(C(C)(C)C)c[nH]c2=S)CC1. The molecule has 0 unspecified atom stereocenters. The van der Waals surface area contributed by atoms with Gasteiger partial charge >= 0.3 is 0 Å². The van der Waals surface area contributed by atoms with E-state index in [1.165, 1.54) is 18.5 Å². The summed E-state index contributed by atoms with van der Waals surface area (Å²) in [7, 11) is 0. The molecule has 1 aliphatic rings. The third kappa shape index (κ3) is 2.35. The Balaban J connectivity index is 2.34. The molecule has 1 aromatic heterocycles. The van der Waals surface area contributed by atoms with Gasteiger partial charge in [-0.05, 0) is 36.4 Å². The van der Waals surface area contributed by atoms with Gasteiger partial charge in [0.15, 0.2) is 4.77 Å². The largest absolute Gasteiger partial charge is 0.337 e. The molecule has 0 amide bonds. The molecule has 1 saturated carbocycles. The third-order valence-electron chi connectivity index (χ3n) is 4.23. The van der Waals surface area contributed by atoms with E-state index in [1.807, 2.05) is 0 Å². The van der Waals surface area contributed by atoms with Crippen LogP contribution in [0.1, 0.15) is 53.2 Å². The molecule has 0 aliphatic heterocycles. The van der Waals surface area contributed by atoms with Crippen LogP contribution in [0.25, 0.3) is 0 Å².